The van der Waals surface area contributed by atoms with Gasteiger partial charge in [-0.05, 0) is 74.8 Å². The van der Waals surface area contributed by atoms with E-state index in [9.17, 15) is 4.79 Å². The molecule has 9 nitrogen and oxygen atoms in total. The molecule has 1 aliphatic heterocycles. The van der Waals surface area contributed by atoms with Crippen LogP contribution in [-0.2, 0) is 9.47 Å². The van der Waals surface area contributed by atoms with Gasteiger partial charge in [-0.2, -0.15) is 0 Å². The van der Waals surface area contributed by atoms with Crippen LogP contribution in [0.2, 0.25) is 0 Å². The minimum Gasteiger partial charge on any atom is -0.490 e. The molecule has 0 bridgehead atoms. The lowest BCUT2D eigenvalue weighted by Crippen LogP contribution is -2.25. The molecule has 2 saturated carbocycles. The lowest BCUT2D eigenvalue weighted by Gasteiger charge is -2.30. The van der Waals surface area contributed by atoms with Gasteiger partial charge < -0.3 is 23.2 Å². The van der Waals surface area contributed by atoms with Crippen LogP contribution in [0.15, 0.2) is 46.9 Å². The molecular formula is C32H36N4O5. The molecule has 0 spiro atoms. The Kier molecular flexibility index (Phi) is 6.90. The van der Waals surface area contributed by atoms with E-state index in [4.69, 9.17) is 18.6 Å². The first-order valence-corrected chi connectivity index (χ1v) is 14.8. The summed E-state index contributed by atoms with van der Waals surface area (Å²) in [6.07, 6.45) is 7.13. The standard InChI is InChI=1S/C32H36N4O5/c1-19(21-6-7-21)39-32(37)33-23-10-8-22(9-11-23)30-29(31-35-34-20(2)40-31)27-13-12-26(41-25-14-16-38-17-15-25)18-28(27)36(30)24-4-3-5-24/h8-13,18-19,21,24-25H,3-7,14-17H2,1-2H3,(H,33,37). The van der Waals surface area contributed by atoms with E-state index < -0.39 is 6.09 Å². The van der Waals surface area contributed by atoms with Crippen LogP contribution in [-0.4, -0.2) is 46.3 Å². The Morgan fingerprint density at radius 2 is 1.80 bits per heavy atom. The molecule has 3 fully saturated rings. The van der Waals surface area contributed by atoms with Gasteiger partial charge in [0.1, 0.15) is 18.0 Å². The summed E-state index contributed by atoms with van der Waals surface area (Å²) in [5.41, 5.74) is 4.75. The van der Waals surface area contributed by atoms with Crippen molar-refractivity contribution in [2.24, 2.45) is 5.92 Å². The van der Waals surface area contributed by atoms with Crippen LogP contribution in [0.4, 0.5) is 10.5 Å². The van der Waals surface area contributed by atoms with Gasteiger partial charge in [-0.15, -0.1) is 10.2 Å². The van der Waals surface area contributed by atoms with Crippen LogP contribution in [0.3, 0.4) is 0 Å². The number of amides is 1. The van der Waals surface area contributed by atoms with Gasteiger partial charge in [0.25, 0.3) is 5.89 Å². The number of aromatic nitrogens is 3. The Bertz CT molecular complexity index is 1540. The van der Waals surface area contributed by atoms with E-state index in [0.29, 0.717) is 29.4 Å². The van der Waals surface area contributed by atoms with E-state index in [0.717, 1.165) is 85.2 Å². The van der Waals surface area contributed by atoms with Gasteiger partial charge in [-0.1, -0.05) is 12.1 Å². The first-order chi connectivity index (χ1) is 20.0. The van der Waals surface area contributed by atoms with Crippen molar-refractivity contribution < 1.29 is 23.4 Å². The highest BCUT2D eigenvalue weighted by Gasteiger charge is 2.32. The summed E-state index contributed by atoms with van der Waals surface area (Å²) in [5.74, 6) is 2.37. The lowest BCUT2D eigenvalue weighted by atomic mass is 9.92. The molecule has 7 rings (SSSR count). The maximum atomic E-state index is 12.4. The van der Waals surface area contributed by atoms with Crippen LogP contribution < -0.4 is 10.1 Å². The molecule has 3 heterocycles. The average molecular weight is 557 g/mol. The maximum Gasteiger partial charge on any atom is 0.411 e. The molecule has 2 aromatic carbocycles. The SMILES string of the molecule is Cc1nnc(-c2c(-c3ccc(NC(=O)OC(C)C4CC4)cc3)n(C3CCC3)c3cc(OC4CCOCC4)ccc23)o1. The van der Waals surface area contributed by atoms with E-state index in [-0.39, 0.29) is 12.2 Å². The Morgan fingerprint density at radius 1 is 1.02 bits per heavy atom. The summed E-state index contributed by atoms with van der Waals surface area (Å²) in [7, 11) is 0. The molecule has 2 aliphatic carbocycles. The number of aryl methyl sites for hydroxylation is 1. The van der Waals surface area contributed by atoms with E-state index in [2.05, 4.69) is 32.2 Å². The van der Waals surface area contributed by atoms with Crippen LogP contribution in [0.1, 0.15) is 63.8 Å². The van der Waals surface area contributed by atoms with Crippen molar-refractivity contribution in [3.63, 3.8) is 0 Å². The second-order valence-corrected chi connectivity index (χ2v) is 11.6. The first-order valence-electron chi connectivity index (χ1n) is 14.8. The molecular weight excluding hydrogens is 520 g/mol. The number of carbonyl (C=O) groups is 1. The number of ether oxygens (including phenoxy) is 3. The predicted octanol–water partition coefficient (Wildman–Crippen LogP) is 7.30. The second-order valence-electron chi connectivity index (χ2n) is 11.6. The molecule has 3 aliphatic rings. The molecule has 1 amide bonds. The molecule has 2 aromatic heterocycles. The Hall–Kier alpha value is -3.85. The van der Waals surface area contributed by atoms with Crippen LogP contribution in [0, 0.1) is 12.8 Å². The molecule has 214 valence electrons. The number of nitrogens with zero attached hydrogens (tertiary/aromatic N) is 3. The number of anilines is 1. The fourth-order valence-corrected chi connectivity index (χ4v) is 5.96. The van der Waals surface area contributed by atoms with Crippen molar-refractivity contribution in [1.82, 2.24) is 14.8 Å². The molecule has 0 radical (unpaired) electrons. The van der Waals surface area contributed by atoms with Gasteiger partial charge >= 0.3 is 6.09 Å². The van der Waals surface area contributed by atoms with Crippen LogP contribution in [0.5, 0.6) is 5.75 Å². The van der Waals surface area contributed by atoms with Crippen LogP contribution in [0.25, 0.3) is 33.6 Å². The molecule has 41 heavy (non-hydrogen) atoms. The molecule has 1 saturated heterocycles. The van der Waals surface area contributed by atoms with Gasteiger partial charge in [0.2, 0.25) is 5.89 Å². The zero-order valence-electron chi connectivity index (χ0n) is 23.6. The number of hydrogen-bond donors (Lipinski definition) is 1. The van der Waals surface area contributed by atoms with Crippen molar-refractivity contribution in [3.05, 3.63) is 48.4 Å². The van der Waals surface area contributed by atoms with Crippen molar-refractivity contribution in [3.8, 4) is 28.5 Å². The van der Waals surface area contributed by atoms with Crippen molar-refractivity contribution >= 4 is 22.7 Å². The van der Waals surface area contributed by atoms with Gasteiger partial charge in [0.05, 0.1) is 30.0 Å². The van der Waals surface area contributed by atoms with Crippen molar-refractivity contribution in [1.29, 1.82) is 0 Å². The maximum absolute atomic E-state index is 12.4. The molecule has 1 unspecified atom stereocenters. The lowest BCUT2D eigenvalue weighted by molar-refractivity contribution is 0.0256. The zero-order chi connectivity index (χ0) is 27.9. The molecule has 4 aromatic rings. The minimum absolute atomic E-state index is 0.0619. The predicted molar refractivity (Wildman–Crippen MR) is 155 cm³/mol. The third-order valence-corrected chi connectivity index (χ3v) is 8.61. The smallest absolute Gasteiger partial charge is 0.411 e. The number of hydrogen-bond acceptors (Lipinski definition) is 7. The normalized spacial score (nSPS) is 18.7. The number of carbonyl (C=O) groups excluding carboxylic acids is 1. The highest BCUT2D eigenvalue weighted by molar-refractivity contribution is 6.03. The van der Waals surface area contributed by atoms with E-state index in [1.54, 1.807) is 0 Å². The van der Waals surface area contributed by atoms with Crippen molar-refractivity contribution in [2.75, 3.05) is 18.5 Å². The molecule has 1 atom stereocenters. The molecule has 1 N–H and O–H groups in total. The fraction of sp³-hybridized carbons (Fsp3) is 0.469. The zero-order valence-corrected chi connectivity index (χ0v) is 23.6. The second kappa shape index (κ2) is 10.9. The summed E-state index contributed by atoms with van der Waals surface area (Å²) in [6, 6.07) is 14.6. The number of fused-ring (bicyclic) bond motifs is 1. The Labute approximate surface area is 239 Å². The number of rotatable bonds is 8. The van der Waals surface area contributed by atoms with Crippen LogP contribution >= 0.6 is 0 Å². The monoisotopic (exact) mass is 556 g/mol. The van der Waals surface area contributed by atoms with E-state index >= 15 is 0 Å². The number of benzene rings is 2. The quantitative estimate of drug-likeness (QED) is 0.243. The highest BCUT2D eigenvalue weighted by Crippen LogP contribution is 2.47. The third kappa shape index (κ3) is 5.30. The largest absolute Gasteiger partial charge is 0.490 e. The summed E-state index contributed by atoms with van der Waals surface area (Å²) in [6.45, 7) is 5.24. The van der Waals surface area contributed by atoms with Gasteiger partial charge in [-0.25, -0.2) is 4.79 Å². The first kappa shape index (κ1) is 26.1. The summed E-state index contributed by atoms with van der Waals surface area (Å²) in [5, 5.41) is 12.5. The van der Waals surface area contributed by atoms with E-state index in [1.165, 1.54) is 6.42 Å². The topological polar surface area (TPSA) is 101 Å². The van der Waals surface area contributed by atoms with Gasteiger partial charge in [0, 0.05) is 42.9 Å². The Morgan fingerprint density at radius 3 is 2.46 bits per heavy atom. The Balaban J connectivity index is 1.28. The molecule has 9 heteroatoms. The minimum atomic E-state index is -0.417. The summed E-state index contributed by atoms with van der Waals surface area (Å²) in [4.78, 5) is 12.4. The third-order valence-electron chi connectivity index (χ3n) is 8.61. The van der Waals surface area contributed by atoms with Crippen molar-refractivity contribution in [2.45, 2.75) is 77.0 Å². The average Bonchev–Trinajstić information content (AvgIpc) is 3.64. The summed E-state index contributed by atoms with van der Waals surface area (Å²) < 4.78 is 25.9. The summed E-state index contributed by atoms with van der Waals surface area (Å²) >= 11 is 0. The van der Waals surface area contributed by atoms with E-state index in [1.807, 2.05) is 44.2 Å². The van der Waals surface area contributed by atoms with Gasteiger partial charge in [-0.3, -0.25) is 5.32 Å². The highest BCUT2D eigenvalue weighted by atomic mass is 16.6. The van der Waals surface area contributed by atoms with Gasteiger partial charge in [0.15, 0.2) is 0 Å². The number of nitrogens with one attached hydrogen (secondary N) is 1. The fourth-order valence-electron chi connectivity index (χ4n) is 5.96.